The standard InChI is InChI=1S/C28H41N3O3Si2/c1-23(30-32)27-29-20-24(31(27)22-33-18-19-35(5,6)7)21-34-36(28(2,3)4,25-14-10-8-11-15-25)26-16-12-9-13-17-26/h8-17,20,32H,18-19,21-22H2,1-7H3/b30-23+. The molecule has 8 heteroatoms. The lowest BCUT2D eigenvalue weighted by atomic mass is 10.2. The molecule has 2 aromatic carbocycles. The van der Waals surface area contributed by atoms with Gasteiger partial charge in [0.15, 0.2) is 5.82 Å². The first-order chi connectivity index (χ1) is 17.0. The van der Waals surface area contributed by atoms with E-state index in [2.05, 4.69) is 99.1 Å². The van der Waals surface area contributed by atoms with E-state index in [4.69, 9.17) is 9.16 Å². The van der Waals surface area contributed by atoms with Crippen LogP contribution in [0.4, 0.5) is 0 Å². The minimum Gasteiger partial charge on any atom is -0.411 e. The van der Waals surface area contributed by atoms with Crippen LogP contribution in [0.25, 0.3) is 0 Å². The quantitative estimate of drug-likeness (QED) is 0.119. The zero-order chi connectivity index (χ0) is 26.4. The molecule has 0 saturated heterocycles. The molecule has 0 atom stereocenters. The molecule has 0 saturated carbocycles. The number of oxime groups is 1. The van der Waals surface area contributed by atoms with Crippen LogP contribution in [0.15, 0.2) is 72.0 Å². The molecule has 3 aromatic rings. The Morgan fingerprint density at radius 2 is 1.53 bits per heavy atom. The van der Waals surface area contributed by atoms with Gasteiger partial charge in [-0.3, -0.25) is 0 Å². The molecule has 1 N–H and O–H groups in total. The number of hydrogen-bond donors (Lipinski definition) is 1. The molecule has 0 bridgehead atoms. The monoisotopic (exact) mass is 523 g/mol. The van der Waals surface area contributed by atoms with Crippen molar-refractivity contribution >= 4 is 32.5 Å². The van der Waals surface area contributed by atoms with Gasteiger partial charge in [-0.2, -0.15) is 0 Å². The summed E-state index contributed by atoms with van der Waals surface area (Å²) in [4.78, 5) is 4.56. The molecule has 36 heavy (non-hydrogen) atoms. The second-order valence-electron chi connectivity index (χ2n) is 11.5. The Morgan fingerprint density at radius 3 is 2.00 bits per heavy atom. The summed E-state index contributed by atoms with van der Waals surface area (Å²) < 4.78 is 15.2. The van der Waals surface area contributed by atoms with Gasteiger partial charge in [-0.1, -0.05) is 106 Å². The molecular weight excluding hydrogens is 482 g/mol. The average Bonchev–Trinajstić information content (AvgIpc) is 3.24. The fourth-order valence-corrected chi connectivity index (χ4v) is 9.76. The Morgan fingerprint density at radius 1 is 0.972 bits per heavy atom. The van der Waals surface area contributed by atoms with Crippen molar-refractivity contribution in [3.05, 3.63) is 78.4 Å². The van der Waals surface area contributed by atoms with Crippen molar-refractivity contribution in [1.29, 1.82) is 0 Å². The SMILES string of the molecule is C/C(=N\O)c1ncc(CO[Si](c2ccccc2)(c2ccccc2)C(C)(C)C)n1COCC[Si](C)(C)C. The van der Waals surface area contributed by atoms with Crippen LogP contribution in [0, 0.1) is 0 Å². The molecule has 0 aliphatic carbocycles. The van der Waals surface area contributed by atoms with Crippen molar-refractivity contribution in [2.45, 2.75) is 71.8 Å². The van der Waals surface area contributed by atoms with Crippen molar-refractivity contribution in [3.8, 4) is 0 Å². The second kappa shape index (κ2) is 11.7. The van der Waals surface area contributed by atoms with Gasteiger partial charge in [-0.25, -0.2) is 4.98 Å². The number of ether oxygens (including phenoxy) is 1. The third kappa shape index (κ3) is 6.42. The first kappa shape index (κ1) is 28.1. The lowest BCUT2D eigenvalue weighted by Gasteiger charge is -2.43. The summed E-state index contributed by atoms with van der Waals surface area (Å²) in [6.45, 7) is 17.0. The van der Waals surface area contributed by atoms with E-state index in [0.717, 1.165) is 11.7 Å². The van der Waals surface area contributed by atoms with Gasteiger partial charge in [0.2, 0.25) is 0 Å². The van der Waals surface area contributed by atoms with Crippen LogP contribution in [-0.2, 0) is 22.5 Å². The highest BCUT2D eigenvalue weighted by atomic mass is 28.4. The van der Waals surface area contributed by atoms with Crippen molar-refractivity contribution in [2.24, 2.45) is 5.16 Å². The number of benzene rings is 2. The van der Waals surface area contributed by atoms with Crippen LogP contribution in [-0.4, -0.2) is 43.5 Å². The molecule has 1 heterocycles. The highest BCUT2D eigenvalue weighted by Gasteiger charge is 2.50. The zero-order valence-electron chi connectivity index (χ0n) is 22.8. The average molecular weight is 524 g/mol. The number of rotatable bonds is 11. The highest BCUT2D eigenvalue weighted by Crippen LogP contribution is 2.37. The fourth-order valence-electron chi connectivity index (χ4n) is 4.48. The first-order valence-electron chi connectivity index (χ1n) is 12.6. The number of hydrogen-bond acceptors (Lipinski definition) is 5. The molecule has 0 radical (unpaired) electrons. The number of imidazole rings is 1. The minimum absolute atomic E-state index is 0.125. The summed E-state index contributed by atoms with van der Waals surface area (Å²) in [5.41, 5.74) is 1.34. The molecule has 6 nitrogen and oxygen atoms in total. The van der Waals surface area contributed by atoms with E-state index < -0.39 is 16.4 Å². The van der Waals surface area contributed by atoms with Crippen LogP contribution < -0.4 is 10.4 Å². The van der Waals surface area contributed by atoms with E-state index in [1.807, 2.05) is 22.9 Å². The van der Waals surface area contributed by atoms with Gasteiger partial charge >= 0.3 is 0 Å². The van der Waals surface area contributed by atoms with E-state index in [9.17, 15) is 5.21 Å². The largest absolute Gasteiger partial charge is 0.411 e. The smallest absolute Gasteiger partial charge is 0.261 e. The highest BCUT2D eigenvalue weighted by molar-refractivity contribution is 6.99. The predicted molar refractivity (Wildman–Crippen MR) is 153 cm³/mol. The van der Waals surface area contributed by atoms with Gasteiger partial charge in [0.1, 0.15) is 12.4 Å². The van der Waals surface area contributed by atoms with Gasteiger partial charge in [0, 0.05) is 14.7 Å². The minimum atomic E-state index is -2.70. The molecule has 0 unspecified atom stereocenters. The predicted octanol–water partition coefficient (Wildman–Crippen LogP) is 5.47. The molecule has 0 aliphatic rings. The Hall–Kier alpha value is -2.53. The molecule has 194 valence electrons. The van der Waals surface area contributed by atoms with Crippen LogP contribution >= 0.6 is 0 Å². The third-order valence-electron chi connectivity index (χ3n) is 6.48. The fraction of sp³-hybridized carbons (Fsp3) is 0.429. The Labute approximate surface area is 218 Å². The van der Waals surface area contributed by atoms with Crippen molar-refractivity contribution in [2.75, 3.05) is 6.61 Å². The summed E-state index contributed by atoms with van der Waals surface area (Å²) in [6, 6.07) is 22.3. The van der Waals surface area contributed by atoms with Gasteiger partial charge in [-0.15, -0.1) is 0 Å². The molecule has 0 aliphatic heterocycles. The van der Waals surface area contributed by atoms with E-state index in [0.29, 0.717) is 31.5 Å². The van der Waals surface area contributed by atoms with Crippen molar-refractivity contribution < 1.29 is 14.4 Å². The van der Waals surface area contributed by atoms with E-state index in [-0.39, 0.29) is 5.04 Å². The molecule has 0 fully saturated rings. The summed E-state index contributed by atoms with van der Waals surface area (Å²) >= 11 is 0. The van der Waals surface area contributed by atoms with Crippen LogP contribution in [0.1, 0.15) is 39.2 Å². The Bertz CT molecular complexity index is 1090. The zero-order valence-corrected chi connectivity index (χ0v) is 24.8. The third-order valence-corrected chi connectivity index (χ3v) is 13.2. The van der Waals surface area contributed by atoms with E-state index in [1.165, 1.54) is 10.4 Å². The van der Waals surface area contributed by atoms with Crippen LogP contribution in [0.3, 0.4) is 0 Å². The van der Waals surface area contributed by atoms with Gasteiger partial charge in [-0.05, 0) is 28.4 Å². The molecular formula is C28H41N3O3Si2. The maximum atomic E-state index is 9.44. The summed E-state index contributed by atoms with van der Waals surface area (Å²) in [5, 5.41) is 15.2. The summed E-state index contributed by atoms with van der Waals surface area (Å²) in [7, 11) is -3.90. The second-order valence-corrected chi connectivity index (χ2v) is 21.4. The molecule has 0 amide bonds. The van der Waals surface area contributed by atoms with E-state index >= 15 is 0 Å². The Kier molecular flexibility index (Phi) is 9.10. The molecule has 0 spiro atoms. The topological polar surface area (TPSA) is 68.9 Å². The summed E-state index contributed by atoms with van der Waals surface area (Å²) in [5.74, 6) is 0.589. The van der Waals surface area contributed by atoms with Gasteiger partial charge in [0.25, 0.3) is 8.32 Å². The Balaban J connectivity index is 1.99. The normalized spacial score (nSPS) is 13.2. The first-order valence-corrected chi connectivity index (χ1v) is 18.2. The lowest BCUT2D eigenvalue weighted by molar-refractivity contribution is 0.0822. The summed E-state index contributed by atoms with van der Waals surface area (Å²) in [6.07, 6.45) is 1.81. The van der Waals surface area contributed by atoms with Gasteiger partial charge in [0.05, 0.1) is 18.5 Å². The molecule has 1 aromatic heterocycles. The lowest BCUT2D eigenvalue weighted by Crippen LogP contribution is -2.66. The van der Waals surface area contributed by atoms with Crippen LogP contribution in [0.5, 0.6) is 0 Å². The van der Waals surface area contributed by atoms with E-state index in [1.54, 1.807) is 6.92 Å². The molecule has 3 rings (SSSR count). The number of aromatic nitrogens is 2. The maximum absolute atomic E-state index is 9.44. The van der Waals surface area contributed by atoms with Crippen molar-refractivity contribution in [1.82, 2.24) is 9.55 Å². The van der Waals surface area contributed by atoms with Gasteiger partial charge < -0.3 is 18.9 Å². The van der Waals surface area contributed by atoms with Crippen molar-refractivity contribution in [3.63, 3.8) is 0 Å². The van der Waals surface area contributed by atoms with Crippen LogP contribution in [0.2, 0.25) is 30.7 Å². The number of nitrogens with zero attached hydrogens (tertiary/aromatic N) is 3. The maximum Gasteiger partial charge on any atom is 0.261 e.